The number of carboxylic acid groups (broad SMARTS) is 1. The number of carboxylic acids is 1. The highest BCUT2D eigenvalue weighted by Gasteiger charge is 2.16. The zero-order valence-electron chi connectivity index (χ0n) is 11.5. The van der Waals surface area contributed by atoms with Gasteiger partial charge in [-0.05, 0) is 24.3 Å². The van der Waals surface area contributed by atoms with Crippen molar-refractivity contribution in [2.45, 2.75) is 12.5 Å². The molecule has 1 aromatic carbocycles. The Morgan fingerprint density at radius 1 is 1.38 bits per heavy atom. The van der Waals surface area contributed by atoms with Crippen LogP contribution >= 0.6 is 0 Å². The molecule has 1 heterocycles. The van der Waals surface area contributed by atoms with E-state index >= 15 is 0 Å². The number of benzene rings is 1. The molecule has 114 valence electrons. The van der Waals surface area contributed by atoms with Crippen LogP contribution in [0.1, 0.15) is 6.42 Å². The van der Waals surface area contributed by atoms with Crippen molar-refractivity contribution in [2.75, 3.05) is 31.7 Å². The number of hydrogen-bond acceptors (Lipinski definition) is 5. The van der Waals surface area contributed by atoms with Gasteiger partial charge in [0.25, 0.3) is 0 Å². The second kappa shape index (κ2) is 7.61. The largest absolute Gasteiger partial charge is 0.482 e. The van der Waals surface area contributed by atoms with Crippen LogP contribution in [0.15, 0.2) is 24.3 Å². The molecule has 0 bridgehead atoms. The third-order valence-electron chi connectivity index (χ3n) is 2.93. The summed E-state index contributed by atoms with van der Waals surface area (Å²) >= 11 is 0. The smallest absolute Gasteiger partial charge is 0.341 e. The predicted octanol–water partition coefficient (Wildman–Crippen LogP) is 0.467. The second-order valence-corrected chi connectivity index (χ2v) is 4.69. The summed E-state index contributed by atoms with van der Waals surface area (Å²) in [6.07, 6.45) is 0.345. The molecule has 2 rings (SSSR count). The molecule has 7 nitrogen and oxygen atoms in total. The molecule has 3 N–H and O–H groups in total. The van der Waals surface area contributed by atoms with E-state index < -0.39 is 5.97 Å². The highest BCUT2D eigenvalue weighted by Crippen LogP contribution is 2.16. The predicted molar refractivity (Wildman–Crippen MR) is 75.4 cm³/mol. The quantitative estimate of drug-likeness (QED) is 0.705. The van der Waals surface area contributed by atoms with Gasteiger partial charge in [0.2, 0.25) is 5.91 Å². The molecule has 1 aliphatic rings. The second-order valence-electron chi connectivity index (χ2n) is 4.69. The minimum atomic E-state index is -1.03. The molecule has 1 aromatic rings. The van der Waals surface area contributed by atoms with Crippen LogP contribution in [0.4, 0.5) is 5.69 Å². The van der Waals surface area contributed by atoms with E-state index in [0.717, 1.165) is 6.54 Å². The van der Waals surface area contributed by atoms with Crippen molar-refractivity contribution < 1.29 is 24.2 Å². The molecule has 0 spiro atoms. The van der Waals surface area contributed by atoms with Gasteiger partial charge < -0.3 is 25.2 Å². The first-order valence-electron chi connectivity index (χ1n) is 6.69. The zero-order valence-corrected chi connectivity index (χ0v) is 11.5. The van der Waals surface area contributed by atoms with Gasteiger partial charge in [-0.25, -0.2) is 4.79 Å². The molecule has 1 amide bonds. The molecule has 1 unspecified atom stereocenters. The average Bonchev–Trinajstić information content (AvgIpc) is 2.47. The van der Waals surface area contributed by atoms with Gasteiger partial charge >= 0.3 is 5.97 Å². The van der Waals surface area contributed by atoms with Gasteiger partial charge in [0, 0.05) is 24.7 Å². The Morgan fingerprint density at radius 3 is 2.76 bits per heavy atom. The van der Waals surface area contributed by atoms with E-state index in [2.05, 4.69) is 10.6 Å². The topological polar surface area (TPSA) is 96.9 Å². The summed E-state index contributed by atoms with van der Waals surface area (Å²) in [5, 5.41) is 14.5. The summed E-state index contributed by atoms with van der Waals surface area (Å²) in [4.78, 5) is 22.2. The van der Waals surface area contributed by atoms with Crippen LogP contribution in [0.5, 0.6) is 5.75 Å². The molecule has 1 aliphatic heterocycles. The number of anilines is 1. The van der Waals surface area contributed by atoms with Gasteiger partial charge in [-0.3, -0.25) is 4.79 Å². The lowest BCUT2D eigenvalue weighted by molar-refractivity contribution is -0.139. The van der Waals surface area contributed by atoms with Crippen molar-refractivity contribution in [3.63, 3.8) is 0 Å². The molecular weight excluding hydrogens is 276 g/mol. The van der Waals surface area contributed by atoms with Crippen LogP contribution in [0.25, 0.3) is 0 Å². The Labute approximate surface area is 122 Å². The first kappa shape index (κ1) is 15.3. The number of nitrogens with one attached hydrogen (secondary N) is 2. The molecule has 7 heteroatoms. The maximum absolute atomic E-state index is 11.9. The lowest BCUT2D eigenvalue weighted by Crippen LogP contribution is -2.43. The van der Waals surface area contributed by atoms with Crippen molar-refractivity contribution in [1.29, 1.82) is 0 Å². The SMILES string of the molecule is O=C(O)COc1ccc(NC(=O)CC2COCCN2)cc1. The van der Waals surface area contributed by atoms with Crippen molar-refractivity contribution >= 4 is 17.6 Å². The fraction of sp³-hybridized carbons (Fsp3) is 0.429. The fourth-order valence-corrected chi connectivity index (χ4v) is 1.97. The minimum absolute atomic E-state index is 0.0388. The van der Waals surface area contributed by atoms with E-state index in [1.165, 1.54) is 0 Å². The van der Waals surface area contributed by atoms with Crippen molar-refractivity contribution in [3.8, 4) is 5.75 Å². The van der Waals surface area contributed by atoms with Gasteiger partial charge in [-0.1, -0.05) is 0 Å². The molecule has 0 radical (unpaired) electrons. The first-order valence-corrected chi connectivity index (χ1v) is 6.69. The van der Waals surface area contributed by atoms with Crippen molar-refractivity contribution in [2.24, 2.45) is 0 Å². The number of carbonyl (C=O) groups excluding carboxylic acids is 1. The van der Waals surface area contributed by atoms with E-state index in [9.17, 15) is 9.59 Å². The Bertz CT molecular complexity index is 483. The van der Waals surface area contributed by atoms with Gasteiger partial charge in [0.05, 0.1) is 13.2 Å². The standard InChI is InChI=1S/C14H18N2O5/c17-13(7-11-8-20-6-5-15-11)16-10-1-3-12(4-2-10)21-9-14(18)19/h1-4,11,15H,5-9H2,(H,16,17)(H,18,19). The summed E-state index contributed by atoms with van der Waals surface area (Å²) in [5.41, 5.74) is 0.638. The monoisotopic (exact) mass is 294 g/mol. The molecule has 0 saturated carbocycles. The van der Waals surface area contributed by atoms with Crippen molar-refractivity contribution in [1.82, 2.24) is 5.32 Å². The Morgan fingerprint density at radius 2 is 2.14 bits per heavy atom. The zero-order chi connectivity index (χ0) is 15.1. The van der Waals surface area contributed by atoms with Gasteiger partial charge in [0.1, 0.15) is 5.75 Å². The molecule has 1 saturated heterocycles. The molecule has 21 heavy (non-hydrogen) atoms. The number of amides is 1. The van der Waals surface area contributed by atoms with Crippen LogP contribution in [0.3, 0.4) is 0 Å². The summed E-state index contributed by atoms with van der Waals surface area (Å²) in [6, 6.07) is 6.60. The normalized spacial score (nSPS) is 18.0. The summed E-state index contributed by atoms with van der Waals surface area (Å²) in [5.74, 6) is -0.690. The maximum atomic E-state index is 11.9. The van der Waals surface area contributed by atoms with Crippen molar-refractivity contribution in [3.05, 3.63) is 24.3 Å². The van der Waals surface area contributed by atoms with E-state index in [4.69, 9.17) is 14.6 Å². The lowest BCUT2D eigenvalue weighted by Gasteiger charge is -2.23. The molecular formula is C14H18N2O5. The average molecular weight is 294 g/mol. The summed E-state index contributed by atoms with van der Waals surface area (Å²) < 4.78 is 10.3. The van der Waals surface area contributed by atoms with E-state index in [-0.39, 0.29) is 18.6 Å². The Hall–Kier alpha value is -2.12. The van der Waals surface area contributed by atoms with Crippen LogP contribution in [-0.4, -0.2) is 49.4 Å². The van der Waals surface area contributed by atoms with Crippen LogP contribution in [0, 0.1) is 0 Å². The van der Waals surface area contributed by atoms with E-state index in [1.54, 1.807) is 24.3 Å². The molecule has 1 atom stereocenters. The fourth-order valence-electron chi connectivity index (χ4n) is 1.97. The number of aliphatic carboxylic acids is 1. The number of hydrogen-bond donors (Lipinski definition) is 3. The Balaban J connectivity index is 1.79. The van der Waals surface area contributed by atoms with Crippen LogP contribution < -0.4 is 15.4 Å². The number of carbonyl (C=O) groups is 2. The van der Waals surface area contributed by atoms with E-state index in [0.29, 0.717) is 31.1 Å². The third-order valence-corrected chi connectivity index (χ3v) is 2.93. The summed E-state index contributed by atoms with van der Waals surface area (Å²) in [7, 11) is 0. The number of ether oxygens (including phenoxy) is 2. The highest BCUT2D eigenvalue weighted by molar-refractivity contribution is 5.91. The number of rotatable bonds is 6. The third kappa shape index (κ3) is 5.41. The molecule has 0 aromatic heterocycles. The molecule has 0 aliphatic carbocycles. The Kier molecular flexibility index (Phi) is 5.53. The van der Waals surface area contributed by atoms with Crippen LogP contribution in [0.2, 0.25) is 0 Å². The maximum Gasteiger partial charge on any atom is 0.341 e. The lowest BCUT2D eigenvalue weighted by atomic mass is 10.2. The van der Waals surface area contributed by atoms with E-state index in [1.807, 2.05) is 0 Å². The highest BCUT2D eigenvalue weighted by atomic mass is 16.5. The first-order chi connectivity index (χ1) is 10.1. The molecule has 1 fully saturated rings. The van der Waals surface area contributed by atoms with Crippen LogP contribution in [-0.2, 0) is 14.3 Å². The van der Waals surface area contributed by atoms with Gasteiger partial charge in [0.15, 0.2) is 6.61 Å². The summed E-state index contributed by atoms with van der Waals surface area (Å²) in [6.45, 7) is 1.58. The van der Waals surface area contributed by atoms with Gasteiger partial charge in [-0.15, -0.1) is 0 Å². The minimum Gasteiger partial charge on any atom is -0.482 e. The number of morpholine rings is 1. The van der Waals surface area contributed by atoms with Gasteiger partial charge in [-0.2, -0.15) is 0 Å².